The Balaban J connectivity index is 2.20. The van der Waals surface area contributed by atoms with Gasteiger partial charge in [0, 0.05) is 23.8 Å². The summed E-state index contributed by atoms with van der Waals surface area (Å²) in [6, 6.07) is 11.7. The molecule has 146 valence electrons. The average Bonchev–Trinajstić information content (AvgIpc) is 2.63. The first-order valence-corrected chi connectivity index (χ1v) is 10.4. The third kappa shape index (κ3) is 5.22. The van der Waals surface area contributed by atoms with Crippen molar-refractivity contribution in [3.8, 4) is 5.75 Å². The Kier molecular flexibility index (Phi) is 7.24. The number of carbonyl (C=O) groups is 1. The second-order valence-corrected chi connectivity index (χ2v) is 8.17. The summed E-state index contributed by atoms with van der Waals surface area (Å²) < 4.78 is 32.5. The average molecular weight is 411 g/mol. The van der Waals surface area contributed by atoms with Crippen molar-refractivity contribution in [2.75, 3.05) is 25.0 Å². The van der Waals surface area contributed by atoms with Crippen molar-refractivity contribution >= 4 is 33.2 Å². The highest BCUT2D eigenvalue weighted by Crippen LogP contribution is 2.30. The Morgan fingerprint density at radius 1 is 1.15 bits per heavy atom. The van der Waals surface area contributed by atoms with E-state index in [2.05, 4.69) is 5.32 Å². The van der Waals surface area contributed by atoms with Gasteiger partial charge in [0.15, 0.2) is 6.61 Å². The maximum absolute atomic E-state index is 12.8. The van der Waals surface area contributed by atoms with E-state index in [1.54, 1.807) is 19.9 Å². The Hall–Kier alpha value is -2.09. The smallest absolute Gasteiger partial charge is 0.262 e. The lowest BCUT2D eigenvalue weighted by atomic mass is 10.2. The van der Waals surface area contributed by atoms with E-state index in [9.17, 15) is 13.2 Å². The predicted molar refractivity (Wildman–Crippen MR) is 107 cm³/mol. The summed E-state index contributed by atoms with van der Waals surface area (Å²) in [5.74, 6) is -0.295. The highest BCUT2D eigenvalue weighted by molar-refractivity contribution is 7.89. The number of amides is 1. The molecular formula is C19H23ClN2O4S. The minimum absolute atomic E-state index is 0.0533. The second-order valence-electron chi connectivity index (χ2n) is 5.83. The summed E-state index contributed by atoms with van der Waals surface area (Å²) >= 11 is 5.98. The molecule has 1 amide bonds. The Morgan fingerprint density at radius 2 is 1.81 bits per heavy atom. The molecule has 0 aliphatic rings. The van der Waals surface area contributed by atoms with E-state index in [4.69, 9.17) is 16.3 Å². The second kappa shape index (κ2) is 9.21. The van der Waals surface area contributed by atoms with E-state index in [1.807, 2.05) is 25.1 Å². The summed E-state index contributed by atoms with van der Waals surface area (Å²) in [6.07, 6.45) is 0. The zero-order valence-corrected chi connectivity index (χ0v) is 17.1. The number of rotatable bonds is 8. The van der Waals surface area contributed by atoms with Crippen molar-refractivity contribution in [3.05, 3.63) is 53.1 Å². The van der Waals surface area contributed by atoms with Gasteiger partial charge in [0.2, 0.25) is 10.0 Å². The van der Waals surface area contributed by atoms with Crippen molar-refractivity contribution < 1.29 is 17.9 Å². The molecule has 0 spiro atoms. The third-order valence-corrected chi connectivity index (χ3v) is 6.31. The maximum Gasteiger partial charge on any atom is 0.262 e. The number of ether oxygens (including phenoxy) is 1. The van der Waals surface area contributed by atoms with Crippen molar-refractivity contribution in [1.82, 2.24) is 4.31 Å². The predicted octanol–water partition coefficient (Wildman–Crippen LogP) is 3.70. The molecule has 0 heterocycles. The Morgan fingerprint density at radius 3 is 2.44 bits per heavy atom. The number of nitrogens with zero attached hydrogens (tertiary/aromatic N) is 1. The van der Waals surface area contributed by atoms with Gasteiger partial charge in [-0.15, -0.1) is 0 Å². The first-order valence-electron chi connectivity index (χ1n) is 8.57. The van der Waals surface area contributed by atoms with Crippen LogP contribution in [0.4, 0.5) is 5.69 Å². The van der Waals surface area contributed by atoms with Crippen LogP contribution in [0.5, 0.6) is 5.75 Å². The fourth-order valence-corrected chi connectivity index (χ4v) is 4.40. The highest BCUT2D eigenvalue weighted by atomic mass is 35.5. The van der Waals surface area contributed by atoms with Gasteiger partial charge in [0.25, 0.3) is 5.91 Å². The van der Waals surface area contributed by atoms with E-state index in [1.165, 1.54) is 22.5 Å². The van der Waals surface area contributed by atoms with Crippen molar-refractivity contribution in [3.63, 3.8) is 0 Å². The summed E-state index contributed by atoms with van der Waals surface area (Å²) in [4.78, 5) is 12.1. The van der Waals surface area contributed by atoms with Gasteiger partial charge in [-0.3, -0.25) is 4.79 Å². The van der Waals surface area contributed by atoms with Crippen LogP contribution in [0.15, 0.2) is 47.4 Å². The van der Waals surface area contributed by atoms with E-state index in [-0.39, 0.29) is 28.2 Å². The number of para-hydroxylation sites is 1. The number of hydrogen-bond acceptors (Lipinski definition) is 4. The van der Waals surface area contributed by atoms with Crippen LogP contribution in [0.3, 0.4) is 0 Å². The van der Waals surface area contributed by atoms with Crippen molar-refractivity contribution in [2.45, 2.75) is 25.7 Å². The SMILES string of the molecule is CCN(CC)S(=O)(=O)c1cc(Cl)ccc1OCC(=O)Nc1ccccc1C. The van der Waals surface area contributed by atoms with Gasteiger partial charge >= 0.3 is 0 Å². The molecule has 27 heavy (non-hydrogen) atoms. The maximum atomic E-state index is 12.8. The third-order valence-electron chi connectivity index (χ3n) is 4.01. The molecule has 1 N–H and O–H groups in total. The largest absolute Gasteiger partial charge is 0.482 e. The van der Waals surface area contributed by atoms with E-state index in [0.29, 0.717) is 18.8 Å². The van der Waals surface area contributed by atoms with Gasteiger partial charge in [-0.05, 0) is 36.8 Å². The van der Waals surface area contributed by atoms with Gasteiger partial charge in [-0.2, -0.15) is 4.31 Å². The number of sulfonamides is 1. The number of anilines is 1. The topological polar surface area (TPSA) is 75.7 Å². The number of carbonyl (C=O) groups excluding carboxylic acids is 1. The summed E-state index contributed by atoms with van der Waals surface area (Å²) in [7, 11) is -3.78. The molecule has 0 radical (unpaired) electrons. The van der Waals surface area contributed by atoms with Gasteiger partial charge in [-0.25, -0.2) is 8.42 Å². The van der Waals surface area contributed by atoms with Crippen LogP contribution in [0.1, 0.15) is 19.4 Å². The van der Waals surface area contributed by atoms with Gasteiger partial charge < -0.3 is 10.1 Å². The molecule has 0 aliphatic carbocycles. The standard InChI is InChI=1S/C19H23ClN2O4S/c1-4-22(5-2)27(24,25)18-12-15(20)10-11-17(18)26-13-19(23)21-16-9-7-6-8-14(16)3/h6-12H,4-5,13H2,1-3H3,(H,21,23). The minimum Gasteiger partial charge on any atom is -0.482 e. The lowest BCUT2D eigenvalue weighted by Gasteiger charge is -2.20. The van der Waals surface area contributed by atoms with E-state index in [0.717, 1.165) is 5.56 Å². The minimum atomic E-state index is -3.78. The number of hydrogen-bond donors (Lipinski definition) is 1. The van der Waals surface area contributed by atoms with Crippen LogP contribution in [0, 0.1) is 6.92 Å². The van der Waals surface area contributed by atoms with E-state index >= 15 is 0 Å². The van der Waals surface area contributed by atoms with Crippen LogP contribution in [-0.4, -0.2) is 38.3 Å². The lowest BCUT2D eigenvalue weighted by molar-refractivity contribution is -0.118. The molecule has 0 saturated heterocycles. The van der Waals surface area contributed by atoms with E-state index < -0.39 is 10.0 Å². The fourth-order valence-electron chi connectivity index (χ4n) is 2.55. The number of aryl methyl sites for hydroxylation is 1. The molecule has 0 bridgehead atoms. The van der Waals surface area contributed by atoms with Crippen LogP contribution < -0.4 is 10.1 Å². The fraction of sp³-hybridized carbons (Fsp3) is 0.316. The Labute approximate surface area is 165 Å². The van der Waals surface area contributed by atoms with Crippen LogP contribution in [0.2, 0.25) is 5.02 Å². The molecule has 0 aliphatic heterocycles. The molecule has 2 rings (SSSR count). The number of nitrogens with one attached hydrogen (secondary N) is 1. The molecule has 8 heteroatoms. The molecule has 0 fully saturated rings. The highest BCUT2D eigenvalue weighted by Gasteiger charge is 2.26. The molecule has 2 aromatic rings. The Bertz CT molecular complexity index is 912. The van der Waals surface area contributed by atoms with Crippen LogP contribution in [-0.2, 0) is 14.8 Å². The zero-order chi connectivity index (χ0) is 20.0. The number of benzene rings is 2. The van der Waals surface area contributed by atoms with Crippen LogP contribution >= 0.6 is 11.6 Å². The van der Waals surface area contributed by atoms with Gasteiger partial charge in [-0.1, -0.05) is 43.6 Å². The summed E-state index contributed by atoms with van der Waals surface area (Å²) in [6.45, 7) is 5.70. The quantitative estimate of drug-likeness (QED) is 0.720. The summed E-state index contributed by atoms with van der Waals surface area (Å²) in [5, 5.41) is 3.02. The monoisotopic (exact) mass is 410 g/mol. The molecule has 0 atom stereocenters. The molecule has 6 nitrogen and oxygen atoms in total. The van der Waals surface area contributed by atoms with Gasteiger partial charge in [0.1, 0.15) is 10.6 Å². The molecule has 0 aromatic heterocycles. The first-order chi connectivity index (χ1) is 12.8. The number of halogens is 1. The normalized spacial score (nSPS) is 11.4. The van der Waals surface area contributed by atoms with Crippen LogP contribution in [0.25, 0.3) is 0 Å². The van der Waals surface area contributed by atoms with Crippen molar-refractivity contribution in [1.29, 1.82) is 0 Å². The zero-order valence-electron chi connectivity index (χ0n) is 15.5. The van der Waals surface area contributed by atoms with Gasteiger partial charge in [0.05, 0.1) is 0 Å². The lowest BCUT2D eigenvalue weighted by Crippen LogP contribution is -2.31. The molecule has 2 aromatic carbocycles. The molecule has 0 saturated carbocycles. The summed E-state index contributed by atoms with van der Waals surface area (Å²) in [5.41, 5.74) is 1.60. The van der Waals surface area contributed by atoms with Crippen molar-refractivity contribution in [2.24, 2.45) is 0 Å². The molecular weight excluding hydrogens is 388 g/mol. The molecule has 0 unspecified atom stereocenters. The first kappa shape index (κ1) is 21.2.